The number of hydrogen-bond acceptors (Lipinski definition) is 3. The van der Waals surface area contributed by atoms with E-state index >= 15 is 0 Å². The summed E-state index contributed by atoms with van der Waals surface area (Å²) in [5.74, 6) is -0.521. The smallest absolute Gasteiger partial charge is 0.244 e. The molecular weight excluding hydrogens is 255 g/mol. The molecule has 1 saturated heterocycles. The molecule has 1 aromatic carbocycles. The summed E-state index contributed by atoms with van der Waals surface area (Å²) in [5.41, 5.74) is 0.627. The molecule has 2 aliphatic heterocycles. The van der Waals surface area contributed by atoms with Crippen LogP contribution in [0.25, 0.3) is 0 Å². The lowest BCUT2D eigenvalue weighted by Crippen LogP contribution is -2.52. The normalized spacial score (nSPS) is 26.1. The van der Waals surface area contributed by atoms with Crippen molar-refractivity contribution < 1.29 is 12.8 Å². The van der Waals surface area contributed by atoms with Gasteiger partial charge in [0.2, 0.25) is 10.0 Å². The van der Waals surface area contributed by atoms with Gasteiger partial charge in [0.15, 0.2) is 0 Å². The molecule has 0 amide bonds. The third-order valence-electron chi connectivity index (χ3n) is 3.56. The van der Waals surface area contributed by atoms with E-state index in [2.05, 4.69) is 4.72 Å². The first-order valence-electron chi connectivity index (χ1n) is 6.16. The summed E-state index contributed by atoms with van der Waals surface area (Å²) in [6.07, 6.45) is 3.77. The first kappa shape index (κ1) is 11.9. The van der Waals surface area contributed by atoms with Crippen LogP contribution in [-0.2, 0) is 10.0 Å². The molecule has 4 nitrogen and oxygen atoms in total. The van der Waals surface area contributed by atoms with E-state index < -0.39 is 15.8 Å². The van der Waals surface area contributed by atoms with E-state index in [1.165, 1.54) is 6.07 Å². The van der Waals surface area contributed by atoms with Gasteiger partial charge in [0.05, 0.1) is 11.9 Å². The first-order valence-corrected chi connectivity index (χ1v) is 7.65. The number of nitrogens with one attached hydrogen (secondary N) is 1. The summed E-state index contributed by atoms with van der Waals surface area (Å²) in [6, 6.07) is 3.99. The number of anilines is 1. The summed E-state index contributed by atoms with van der Waals surface area (Å²) >= 11 is 0. The zero-order valence-electron chi connectivity index (χ0n) is 9.89. The van der Waals surface area contributed by atoms with Crippen LogP contribution in [0.15, 0.2) is 23.1 Å². The molecule has 1 fully saturated rings. The molecule has 3 rings (SSSR count). The number of nitrogens with zero attached hydrogens (tertiary/aromatic N) is 1. The van der Waals surface area contributed by atoms with Crippen molar-refractivity contribution in [3.63, 3.8) is 0 Å². The quantitative estimate of drug-likeness (QED) is 0.782. The third kappa shape index (κ3) is 1.89. The number of fused-ring (bicyclic) bond motifs is 3. The second-order valence-corrected chi connectivity index (χ2v) is 6.47. The molecule has 2 aliphatic rings. The van der Waals surface area contributed by atoms with Crippen LogP contribution in [0.3, 0.4) is 0 Å². The van der Waals surface area contributed by atoms with Gasteiger partial charge in [-0.1, -0.05) is 6.42 Å². The Morgan fingerprint density at radius 1 is 1.28 bits per heavy atom. The molecule has 0 radical (unpaired) electrons. The summed E-state index contributed by atoms with van der Waals surface area (Å²) in [5, 5.41) is 0. The number of halogens is 1. The van der Waals surface area contributed by atoms with Crippen molar-refractivity contribution >= 4 is 15.7 Å². The Kier molecular flexibility index (Phi) is 2.79. The lowest BCUT2D eigenvalue weighted by atomic mass is 10.2. The fourth-order valence-electron chi connectivity index (χ4n) is 2.70. The summed E-state index contributed by atoms with van der Waals surface area (Å²) < 4.78 is 40.1. The largest absolute Gasteiger partial charge is 0.354 e. The van der Waals surface area contributed by atoms with E-state index in [0.29, 0.717) is 5.69 Å². The van der Waals surface area contributed by atoms with Crippen LogP contribution in [0.2, 0.25) is 0 Å². The number of hydrogen-bond donors (Lipinski definition) is 1. The lowest BCUT2D eigenvalue weighted by molar-refractivity contribution is 0.499. The molecule has 18 heavy (non-hydrogen) atoms. The average Bonchev–Trinajstić information content (AvgIpc) is 2.54. The Balaban J connectivity index is 2.14. The fraction of sp³-hybridized carbons (Fsp3) is 0.500. The van der Waals surface area contributed by atoms with Crippen LogP contribution in [0.4, 0.5) is 10.1 Å². The maximum Gasteiger partial charge on any atom is 0.244 e. The highest BCUT2D eigenvalue weighted by atomic mass is 32.2. The Morgan fingerprint density at radius 3 is 2.94 bits per heavy atom. The highest BCUT2D eigenvalue weighted by Crippen LogP contribution is 2.34. The van der Waals surface area contributed by atoms with Gasteiger partial charge < -0.3 is 4.90 Å². The maximum atomic E-state index is 13.2. The summed E-state index contributed by atoms with van der Waals surface area (Å²) in [6.45, 7) is 0.811. The standard InChI is InChI=1S/C12H15FN2O2S/c13-9-5-6-10-11(8-9)18(16,17)14-12-4-2-1-3-7-15(10)12/h5-6,8,12,14H,1-4,7H2/t12-/m0/s1. The van der Waals surface area contributed by atoms with E-state index in [0.717, 1.165) is 38.3 Å². The predicted molar refractivity (Wildman–Crippen MR) is 66.3 cm³/mol. The molecule has 6 heteroatoms. The van der Waals surface area contributed by atoms with Gasteiger partial charge in [-0.15, -0.1) is 0 Å². The molecule has 2 heterocycles. The Bertz CT molecular complexity index is 573. The minimum Gasteiger partial charge on any atom is -0.354 e. The SMILES string of the molecule is O=S1(=O)N[C@@H]2CCCCCN2c2ccc(F)cc21. The number of rotatable bonds is 0. The molecule has 0 aliphatic carbocycles. The number of benzene rings is 1. The Hall–Kier alpha value is -1.14. The van der Waals surface area contributed by atoms with Gasteiger partial charge >= 0.3 is 0 Å². The Morgan fingerprint density at radius 2 is 2.11 bits per heavy atom. The fourth-order valence-corrected chi connectivity index (χ4v) is 4.16. The topological polar surface area (TPSA) is 49.4 Å². The Labute approximate surface area is 106 Å². The van der Waals surface area contributed by atoms with Crippen LogP contribution in [0.5, 0.6) is 0 Å². The third-order valence-corrected chi connectivity index (χ3v) is 5.05. The lowest BCUT2D eigenvalue weighted by Gasteiger charge is -2.37. The maximum absolute atomic E-state index is 13.2. The number of sulfonamides is 1. The second kappa shape index (κ2) is 4.20. The van der Waals surface area contributed by atoms with Crippen LogP contribution >= 0.6 is 0 Å². The van der Waals surface area contributed by atoms with Gasteiger partial charge in [0, 0.05) is 6.54 Å². The van der Waals surface area contributed by atoms with Crippen molar-refractivity contribution in [2.75, 3.05) is 11.4 Å². The molecule has 0 unspecified atom stereocenters. The van der Waals surface area contributed by atoms with Crippen LogP contribution < -0.4 is 9.62 Å². The van der Waals surface area contributed by atoms with E-state index in [9.17, 15) is 12.8 Å². The molecule has 0 saturated carbocycles. The molecule has 1 N–H and O–H groups in total. The monoisotopic (exact) mass is 270 g/mol. The molecule has 0 spiro atoms. The van der Waals surface area contributed by atoms with Gasteiger partial charge in [0.1, 0.15) is 10.7 Å². The van der Waals surface area contributed by atoms with Crippen molar-refractivity contribution in [3.8, 4) is 0 Å². The van der Waals surface area contributed by atoms with Crippen molar-refractivity contribution in [1.29, 1.82) is 0 Å². The predicted octanol–water partition coefficient (Wildman–Crippen LogP) is 1.82. The highest BCUT2D eigenvalue weighted by molar-refractivity contribution is 7.89. The van der Waals surface area contributed by atoms with Gasteiger partial charge in [-0.3, -0.25) is 0 Å². The molecule has 98 valence electrons. The molecule has 1 aromatic rings. The summed E-state index contributed by atoms with van der Waals surface area (Å²) in [4.78, 5) is 2.10. The van der Waals surface area contributed by atoms with Gasteiger partial charge in [-0.2, -0.15) is 4.72 Å². The van der Waals surface area contributed by atoms with Crippen LogP contribution in [0.1, 0.15) is 25.7 Å². The van der Waals surface area contributed by atoms with Crippen molar-refractivity contribution in [3.05, 3.63) is 24.0 Å². The van der Waals surface area contributed by atoms with Crippen LogP contribution in [0, 0.1) is 5.82 Å². The van der Waals surface area contributed by atoms with E-state index in [1.54, 1.807) is 6.07 Å². The molecule has 0 aromatic heterocycles. The highest BCUT2D eigenvalue weighted by Gasteiger charge is 2.35. The first-order chi connectivity index (χ1) is 8.58. The van der Waals surface area contributed by atoms with Gasteiger partial charge in [0.25, 0.3) is 0 Å². The van der Waals surface area contributed by atoms with Crippen molar-refractivity contribution in [2.24, 2.45) is 0 Å². The zero-order valence-corrected chi connectivity index (χ0v) is 10.7. The summed E-state index contributed by atoms with van der Waals surface area (Å²) in [7, 11) is -3.58. The second-order valence-electron chi connectivity index (χ2n) is 4.79. The minimum absolute atomic E-state index is 0.0562. The van der Waals surface area contributed by atoms with Gasteiger partial charge in [-0.05, 0) is 37.5 Å². The van der Waals surface area contributed by atoms with Crippen LogP contribution in [-0.4, -0.2) is 21.1 Å². The van der Waals surface area contributed by atoms with Crippen molar-refractivity contribution in [2.45, 2.75) is 36.7 Å². The molecular formula is C12H15FN2O2S. The minimum atomic E-state index is -3.58. The molecule has 0 bridgehead atoms. The van der Waals surface area contributed by atoms with Gasteiger partial charge in [-0.25, -0.2) is 12.8 Å². The zero-order chi connectivity index (χ0) is 12.8. The molecule has 1 atom stereocenters. The van der Waals surface area contributed by atoms with E-state index in [1.807, 2.05) is 4.90 Å². The van der Waals surface area contributed by atoms with Crippen molar-refractivity contribution in [1.82, 2.24) is 4.72 Å². The van der Waals surface area contributed by atoms with E-state index in [4.69, 9.17) is 0 Å². The van der Waals surface area contributed by atoms with E-state index in [-0.39, 0.29) is 11.1 Å². The average molecular weight is 270 g/mol.